The minimum atomic E-state index is 0.782. The van der Waals surface area contributed by atoms with Crippen LogP contribution in [0, 0.1) is 0 Å². The Morgan fingerprint density at radius 2 is 1.79 bits per heavy atom. The van der Waals surface area contributed by atoms with Crippen LogP contribution >= 0.6 is 15.9 Å². The zero-order valence-electron chi connectivity index (χ0n) is 8.13. The van der Waals surface area contributed by atoms with E-state index in [1.165, 1.54) is 15.6 Å². The van der Waals surface area contributed by atoms with Crippen molar-refractivity contribution in [3.05, 3.63) is 27.7 Å². The molecule has 0 spiro atoms. The minimum absolute atomic E-state index is 0.782. The van der Waals surface area contributed by atoms with Crippen molar-refractivity contribution in [1.29, 1.82) is 0 Å². The molecule has 0 aliphatic heterocycles. The van der Waals surface area contributed by atoms with Crippen LogP contribution in [0.25, 0.3) is 6.08 Å². The molecule has 0 unspecified atom stereocenters. The number of rotatable bonds is 2. The third-order valence-corrected chi connectivity index (χ3v) is 2.83. The van der Waals surface area contributed by atoms with E-state index in [9.17, 15) is 0 Å². The van der Waals surface area contributed by atoms with Crippen molar-refractivity contribution in [2.45, 2.75) is 6.42 Å². The minimum Gasteiger partial charge on any atom is -0.493 e. The van der Waals surface area contributed by atoms with E-state index >= 15 is 0 Å². The van der Waals surface area contributed by atoms with Crippen molar-refractivity contribution < 1.29 is 9.47 Å². The Kier molecular flexibility index (Phi) is 2.50. The van der Waals surface area contributed by atoms with Crippen LogP contribution in [0.4, 0.5) is 0 Å². The fourth-order valence-electron chi connectivity index (χ4n) is 1.63. The van der Waals surface area contributed by atoms with E-state index in [0.717, 1.165) is 17.9 Å². The summed E-state index contributed by atoms with van der Waals surface area (Å²) < 4.78 is 11.7. The standard InChI is InChI=1S/C11H11BrO2/c1-13-10-5-7-3-9(12)4-8(7)6-11(10)14-2/h3,5-6H,4H2,1-2H3. The van der Waals surface area contributed by atoms with E-state index in [1.807, 2.05) is 12.1 Å². The SMILES string of the molecule is COc1cc2c(cc1OC)CC(Br)=C2. The monoisotopic (exact) mass is 254 g/mol. The van der Waals surface area contributed by atoms with Gasteiger partial charge < -0.3 is 9.47 Å². The fourth-order valence-corrected chi connectivity index (χ4v) is 2.17. The molecule has 0 fully saturated rings. The van der Waals surface area contributed by atoms with Gasteiger partial charge in [0.25, 0.3) is 0 Å². The van der Waals surface area contributed by atoms with Gasteiger partial charge in [-0.15, -0.1) is 0 Å². The van der Waals surface area contributed by atoms with Crippen LogP contribution in [0.2, 0.25) is 0 Å². The number of fused-ring (bicyclic) bond motifs is 1. The summed E-state index contributed by atoms with van der Waals surface area (Å²) in [6.45, 7) is 0. The van der Waals surface area contributed by atoms with E-state index in [4.69, 9.17) is 9.47 Å². The smallest absolute Gasteiger partial charge is 0.161 e. The summed E-state index contributed by atoms with van der Waals surface area (Å²) in [7, 11) is 3.31. The number of benzene rings is 1. The molecule has 0 aromatic heterocycles. The highest BCUT2D eigenvalue weighted by molar-refractivity contribution is 9.11. The molecular weight excluding hydrogens is 244 g/mol. The second kappa shape index (κ2) is 3.65. The normalized spacial score (nSPS) is 13.5. The maximum absolute atomic E-state index is 5.23. The highest BCUT2D eigenvalue weighted by Gasteiger charge is 2.15. The first-order valence-electron chi connectivity index (χ1n) is 4.35. The van der Waals surface area contributed by atoms with E-state index in [1.54, 1.807) is 14.2 Å². The van der Waals surface area contributed by atoms with Gasteiger partial charge in [-0.2, -0.15) is 0 Å². The van der Waals surface area contributed by atoms with Crippen molar-refractivity contribution >= 4 is 22.0 Å². The molecule has 3 heteroatoms. The number of halogens is 1. The lowest BCUT2D eigenvalue weighted by Gasteiger charge is -2.09. The quantitative estimate of drug-likeness (QED) is 0.808. The summed E-state index contributed by atoms with van der Waals surface area (Å²) in [5.41, 5.74) is 2.48. The summed E-state index contributed by atoms with van der Waals surface area (Å²) in [5, 5.41) is 0. The topological polar surface area (TPSA) is 18.5 Å². The summed E-state index contributed by atoms with van der Waals surface area (Å²) in [5.74, 6) is 1.58. The van der Waals surface area contributed by atoms with Crippen LogP contribution in [-0.2, 0) is 6.42 Å². The summed E-state index contributed by atoms with van der Waals surface area (Å²) >= 11 is 3.49. The van der Waals surface area contributed by atoms with Gasteiger partial charge in [0.2, 0.25) is 0 Å². The van der Waals surface area contributed by atoms with Gasteiger partial charge in [-0.3, -0.25) is 0 Å². The van der Waals surface area contributed by atoms with Crippen LogP contribution < -0.4 is 9.47 Å². The lowest BCUT2D eigenvalue weighted by atomic mass is 10.1. The summed E-state index contributed by atoms with van der Waals surface area (Å²) in [6, 6.07) is 4.03. The Bertz CT molecular complexity index is 397. The van der Waals surface area contributed by atoms with Gasteiger partial charge in [0, 0.05) is 10.9 Å². The van der Waals surface area contributed by atoms with Gasteiger partial charge in [0.15, 0.2) is 11.5 Å². The molecule has 2 nitrogen and oxygen atoms in total. The lowest BCUT2D eigenvalue weighted by molar-refractivity contribution is 0.354. The third kappa shape index (κ3) is 1.52. The lowest BCUT2D eigenvalue weighted by Crippen LogP contribution is -1.93. The number of hydrogen-bond donors (Lipinski definition) is 0. The van der Waals surface area contributed by atoms with Crippen molar-refractivity contribution in [2.75, 3.05) is 14.2 Å². The molecule has 0 heterocycles. The Morgan fingerprint density at radius 1 is 1.14 bits per heavy atom. The Balaban J connectivity index is 2.49. The zero-order chi connectivity index (χ0) is 10.1. The maximum Gasteiger partial charge on any atom is 0.161 e. The average Bonchev–Trinajstić information content (AvgIpc) is 2.54. The summed E-state index contributed by atoms with van der Waals surface area (Å²) in [4.78, 5) is 0. The molecule has 74 valence electrons. The van der Waals surface area contributed by atoms with Crippen LogP contribution in [0.3, 0.4) is 0 Å². The molecule has 1 aromatic rings. The number of methoxy groups -OCH3 is 2. The molecule has 0 saturated carbocycles. The molecule has 2 rings (SSSR count). The van der Waals surface area contributed by atoms with Gasteiger partial charge in [0.1, 0.15) is 0 Å². The van der Waals surface area contributed by atoms with Crippen LogP contribution in [-0.4, -0.2) is 14.2 Å². The van der Waals surface area contributed by atoms with Gasteiger partial charge in [-0.1, -0.05) is 15.9 Å². The largest absolute Gasteiger partial charge is 0.493 e. The van der Waals surface area contributed by atoms with Gasteiger partial charge in [-0.05, 0) is 29.3 Å². The van der Waals surface area contributed by atoms with E-state index in [0.29, 0.717) is 0 Å². The fraction of sp³-hybridized carbons (Fsp3) is 0.273. The molecule has 0 atom stereocenters. The van der Waals surface area contributed by atoms with Gasteiger partial charge in [-0.25, -0.2) is 0 Å². The maximum atomic E-state index is 5.23. The third-order valence-electron chi connectivity index (χ3n) is 2.32. The van der Waals surface area contributed by atoms with Crippen LogP contribution in [0.5, 0.6) is 11.5 Å². The van der Waals surface area contributed by atoms with E-state index in [2.05, 4.69) is 22.0 Å². The van der Waals surface area contributed by atoms with Gasteiger partial charge in [0.05, 0.1) is 14.2 Å². The number of allylic oxidation sites excluding steroid dienone is 1. The molecule has 0 bridgehead atoms. The molecule has 0 saturated heterocycles. The Labute approximate surface area is 91.7 Å². The van der Waals surface area contributed by atoms with Crippen molar-refractivity contribution in [3.8, 4) is 11.5 Å². The Morgan fingerprint density at radius 3 is 2.43 bits per heavy atom. The second-order valence-electron chi connectivity index (χ2n) is 3.17. The summed E-state index contributed by atoms with van der Waals surface area (Å²) in [6.07, 6.45) is 3.05. The highest BCUT2D eigenvalue weighted by Crippen LogP contribution is 2.37. The Hall–Kier alpha value is -0.960. The highest BCUT2D eigenvalue weighted by atomic mass is 79.9. The molecule has 0 radical (unpaired) electrons. The zero-order valence-corrected chi connectivity index (χ0v) is 9.72. The first-order valence-corrected chi connectivity index (χ1v) is 5.15. The van der Waals surface area contributed by atoms with Crippen molar-refractivity contribution in [3.63, 3.8) is 0 Å². The predicted molar refractivity (Wildman–Crippen MR) is 60.2 cm³/mol. The molecule has 0 amide bonds. The van der Waals surface area contributed by atoms with Gasteiger partial charge >= 0.3 is 0 Å². The molecule has 14 heavy (non-hydrogen) atoms. The van der Waals surface area contributed by atoms with Crippen LogP contribution in [0.1, 0.15) is 11.1 Å². The molecule has 1 aliphatic rings. The van der Waals surface area contributed by atoms with Crippen molar-refractivity contribution in [2.24, 2.45) is 0 Å². The molecule has 1 aromatic carbocycles. The average molecular weight is 255 g/mol. The molecular formula is C11H11BrO2. The second-order valence-corrected chi connectivity index (χ2v) is 4.19. The van der Waals surface area contributed by atoms with E-state index < -0.39 is 0 Å². The predicted octanol–water partition coefficient (Wildman–Crippen LogP) is 3.00. The molecule has 1 aliphatic carbocycles. The molecule has 0 N–H and O–H groups in total. The first-order chi connectivity index (χ1) is 6.74. The first kappa shape index (κ1) is 9.59. The van der Waals surface area contributed by atoms with E-state index in [-0.39, 0.29) is 0 Å². The number of ether oxygens (including phenoxy) is 2. The van der Waals surface area contributed by atoms with Crippen LogP contribution in [0.15, 0.2) is 16.6 Å². The number of hydrogen-bond acceptors (Lipinski definition) is 2. The van der Waals surface area contributed by atoms with Crippen molar-refractivity contribution in [1.82, 2.24) is 0 Å².